The van der Waals surface area contributed by atoms with E-state index in [0.29, 0.717) is 30.5 Å². The topological polar surface area (TPSA) is 108 Å². The van der Waals surface area contributed by atoms with E-state index in [-0.39, 0.29) is 24.7 Å². The van der Waals surface area contributed by atoms with Gasteiger partial charge in [-0.3, -0.25) is 9.59 Å². The Bertz CT molecular complexity index is 854. The van der Waals surface area contributed by atoms with Crippen LogP contribution < -0.4 is 15.2 Å². The number of amides is 2. The largest absolute Gasteiger partial charge is 0.497 e. The number of primary amides is 1. The van der Waals surface area contributed by atoms with Gasteiger partial charge in [-0.05, 0) is 37.6 Å². The number of carbonyl (C=O) groups excluding carboxylic acids is 2. The molecule has 1 unspecified atom stereocenters. The monoisotopic (exact) mass is 384 g/mol. The summed E-state index contributed by atoms with van der Waals surface area (Å²) in [5.41, 5.74) is 5.92. The van der Waals surface area contributed by atoms with Gasteiger partial charge in [-0.25, -0.2) is 4.98 Å². The second-order valence-electron chi connectivity index (χ2n) is 6.78. The molecule has 0 radical (unpaired) electrons. The van der Waals surface area contributed by atoms with Crippen LogP contribution in [0, 0.1) is 6.92 Å². The molecule has 3 rings (SSSR count). The molecule has 0 aliphatic carbocycles. The van der Waals surface area contributed by atoms with Crippen molar-refractivity contribution in [2.75, 3.05) is 20.2 Å². The predicted octanol–water partition coefficient (Wildman–Crippen LogP) is 2.17. The average Bonchev–Trinajstić information content (AvgIpc) is 3.16. The molecule has 1 aromatic heterocycles. The molecule has 1 saturated heterocycles. The van der Waals surface area contributed by atoms with Crippen molar-refractivity contribution < 1.29 is 19.1 Å². The summed E-state index contributed by atoms with van der Waals surface area (Å²) >= 11 is 0. The molecule has 0 saturated carbocycles. The lowest BCUT2D eigenvalue weighted by Crippen LogP contribution is -2.29. The van der Waals surface area contributed by atoms with Crippen molar-refractivity contribution in [3.8, 4) is 17.4 Å². The van der Waals surface area contributed by atoms with Crippen LogP contribution in [-0.4, -0.2) is 46.9 Å². The molecule has 2 aromatic rings. The number of rotatable bonds is 7. The summed E-state index contributed by atoms with van der Waals surface area (Å²) in [5, 5.41) is 0. The Balaban J connectivity index is 1.67. The van der Waals surface area contributed by atoms with Crippen LogP contribution in [0.4, 0.5) is 0 Å². The number of hydrogen-bond donors (Lipinski definition) is 1. The SMILES string of the molecule is COc1ccc(Oc2cc(C)nc(C3CCN(C(=O)CCC(N)=O)C3)n2)cc1. The van der Waals surface area contributed by atoms with Gasteiger partial charge in [0.1, 0.15) is 17.3 Å². The molecule has 8 heteroatoms. The van der Waals surface area contributed by atoms with E-state index < -0.39 is 5.91 Å². The number of hydrogen-bond acceptors (Lipinski definition) is 6. The summed E-state index contributed by atoms with van der Waals surface area (Å²) in [5.74, 6) is 2.03. The highest BCUT2D eigenvalue weighted by Gasteiger charge is 2.29. The van der Waals surface area contributed by atoms with E-state index in [1.165, 1.54) is 0 Å². The molecule has 1 atom stereocenters. The highest BCUT2D eigenvalue weighted by Crippen LogP contribution is 2.28. The lowest BCUT2D eigenvalue weighted by atomic mass is 10.1. The van der Waals surface area contributed by atoms with Gasteiger partial charge in [0.25, 0.3) is 0 Å². The van der Waals surface area contributed by atoms with Gasteiger partial charge >= 0.3 is 0 Å². The second-order valence-corrected chi connectivity index (χ2v) is 6.78. The highest BCUT2D eigenvalue weighted by molar-refractivity contribution is 5.83. The van der Waals surface area contributed by atoms with E-state index in [1.807, 2.05) is 31.2 Å². The third-order valence-corrected chi connectivity index (χ3v) is 4.62. The van der Waals surface area contributed by atoms with Gasteiger partial charge in [0.05, 0.1) is 7.11 Å². The molecule has 0 spiro atoms. The van der Waals surface area contributed by atoms with Gasteiger partial charge in [0.15, 0.2) is 0 Å². The van der Waals surface area contributed by atoms with Crippen molar-refractivity contribution in [3.63, 3.8) is 0 Å². The summed E-state index contributed by atoms with van der Waals surface area (Å²) in [6.45, 7) is 3.04. The van der Waals surface area contributed by atoms with Crippen molar-refractivity contribution in [1.82, 2.24) is 14.9 Å². The third kappa shape index (κ3) is 4.97. The fourth-order valence-corrected chi connectivity index (χ4v) is 3.15. The van der Waals surface area contributed by atoms with E-state index in [4.69, 9.17) is 15.2 Å². The van der Waals surface area contributed by atoms with Gasteiger partial charge in [0.2, 0.25) is 17.7 Å². The highest BCUT2D eigenvalue weighted by atomic mass is 16.5. The Morgan fingerprint density at radius 1 is 1.18 bits per heavy atom. The minimum Gasteiger partial charge on any atom is -0.497 e. The smallest absolute Gasteiger partial charge is 0.223 e. The van der Waals surface area contributed by atoms with E-state index in [2.05, 4.69) is 9.97 Å². The van der Waals surface area contributed by atoms with E-state index in [0.717, 1.165) is 17.9 Å². The van der Waals surface area contributed by atoms with Gasteiger partial charge in [-0.1, -0.05) is 0 Å². The predicted molar refractivity (Wildman–Crippen MR) is 102 cm³/mol. The maximum Gasteiger partial charge on any atom is 0.223 e. The molecule has 1 aromatic carbocycles. The quantitative estimate of drug-likeness (QED) is 0.784. The zero-order chi connectivity index (χ0) is 20.1. The second kappa shape index (κ2) is 8.69. The molecular formula is C20H24N4O4. The van der Waals surface area contributed by atoms with Crippen molar-refractivity contribution in [1.29, 1.82) is 0 Å². The van der Waals surface area contributed by atoms with Crippen LogP contribution in [-0.2, 0) is 9.59 Å². The van der Waals surface area contributed by atoms with Crippen LogP contribution >= 0.6 is 0 Å². The number of ether oxygens (including phenoxy) is 2. The Morgan fingerprint density at radius 3 is 2.57 bits per heavy atom. The Labute approximate surface area is 163 Å². The minimum atomic E-state index is -0.466. The Kier molecular flexibility index (Phi) is 6.08. The third-order valence-electron chi connectivity index (χ3n) is 4.62. The van der Waals surface area contributed by atoms with Gasteiger partial charge in [0, 0.05) is 43.6 Å². The average molecular weight is 384 g/mol. The summed E-state index contributed by atoms with van der Waals surface area (Å²) < 4.78 is 11.0. The van der Waals surface area contributed by atoms with Crippen LogP contribution in [0.3, 0.4) is 0 Å². The standard InChI is InChI=1S/C20H24N4O4/c1-13-11-18(28-16-5-3-15(27-2)4-6-16)23-20(22-13)14-9-10-24(12-14)19(26)8-7-17(21)25/h3-6,11,14H,7-10,12H2,1-2H3,(H2,21,25). The number of nitrogens with zero attached hydrogens (tertiary/aromatic N) is 3. The number of carbonyl (C=O) groups is 2. The maximum absolute atomic E-state index is 12.2. The first-order valence-corrected chi connectivity index (χ1v) is 9.18. The summed E-state index contributed by atoms with van der Waals surface area (Å²) in [7, 11) is 1.61. The molecule has 2 N–H and O–H groups in total. The molecule has 2 heterocycles. The lowest BCUT2D eigenvalue weighted by Gasteiger charge is -2.16. The van der Waals surface area contributed by atoms with Gasteiger partial charge < -0.3 is 20.1 Å². The molecule has 8 nitrogen and oxygen atoms in total. The number of benzene rings is 1. The first kappa shape index (κ1) is 19.6. The van der Waals surface area contributed by atoms with Crippen LogP contribution in [0.1, 0.15) is 36.7 Å². The number of likely N-dealkylation sites (tertiary alicyclic amines) is 1. The zero-order valence-corrected chi connectivity index (χ0v) is 16.1. The molecule has 0 bridgehead atoms. The van der Waals surface area contributed by atoms with Crippen LogP contribution in [0.25, 0.3) is 0 Å². The van der Waals surface area contributed by atoms with Crippen LogP contribution in [0.15, 0.2) is 30.3 Å². The van der Waals surface area contributed by atoms with Crippen molar-refractivity contribution in [3.05, 3.63) is 41.9 Å². The van der Waals surface area contributed by atoms with Gasteiger partial charge in [-0.15, -0.1) is 0 Å². The van der Waals surface area contributed by atoms with Crippen molar-refractivity contribution >= 4 is 11.8 Å². The molecule has 1 aliphatic heterocycles. The number of aromatic nitrogens is 2. The summed E-state index contributed by atoms with van der Waals surface area (Å²) in [4.78, 5) is 33.9. The fourth-order valence-electron chi connectivity index (χ4n) is 3.15. The zero-order valence-electron chi connectivity index (χ0n) is 16.1. The Morgan fingerprint density at radius 2 is 1.89 bits per heavy atom. The summed E-state index contributed by atoms with van der Waals surface area (Å²) in [6, 6.07) is 9.03. The molecule has 1 fully saturated rings. The van der Waals surface area contributed by atoms with E-state index in [9.17, 15) is 9.59 Å². The number of nitrogens with two attached hydrogens (primary N) is 1. The first-order chi connectivity index (χ1) is 13.4. The van der Waals surface area contributed by atoms with E-state index >= 15 is 0 Å². The molecular weight excluding hydrogens is 360 g/mol. The van der Waals surface area contributed by atoms with Crippen molar-refractivity contribution in [2.24, 2.45) is 5.73 Å². The molecule has 2 amide bonds. The first-order valence-electron chi connectivity index (χ1n) is 9.18. The maximum atomic E-state index is 12.2. The molecule has 1 aliphatic rings. The molecule has 28 heavy (non-hydrogen) atoms. The Hall–Kier alpha value is -3.16. The lowest BCUT2D eigenvalue weighted by molar-refractivity contribution is -0.132. The van der Waals surface area contributed by atoms with Crippen molar-refractivity contribution in [2.45, 2.75) is 32.1 Å². The van der Waals surface area contributed by atoms with Crippen LogP contribution in [0.5, 0.6) is 17.4 Å². The van der Waals surface area contributed by atoms with E-state index in [1.54, 1.807) is 18.1 Å². The van der Waals surface area contributed by atoms with Crippen LogP contribution in [0.2, 0.25) is 0 Å². The molecule has 148 valence electrons. The fraction of sp³-hybridized carbons (Fsp3) is 0.400. The normalized spacial score (nSPS) is 16.1. The number of aryl methyl sites for hydroxylation is 1. The summed E-state index contributed by atoms with van der Waals surface area (Å²) in [6.07, 6.45) is 0.983. The van der Waals surface area contributed by atoms with Gasteiger partial charge in [-0.2, -0.15) is 4.98 Å². The minimum absolute atomic E-state index is 0.0376. The number of methoxy groups -OCH3 is 1.